The molecule has 0 unspecified atom stereocenters. The lowest BCUT2D eigenvalue weighted by Crippen LogP contribution is -1.94. The van der Waals surface area contributed by atoms with Gasteiger partial charge in [0.1, 0.15) is 0 Å². The topological polar surface area (TPSA) is 0 Å². The molecule has 1 aliphatic carbocycles. The zero-order valence-electron chi connectivity index (χ0n) is 8.96. The first kappa shape index (κ1) is 8.72. The fourth-order valence-electron chi connectivity index (χ4n) is 2.36. The summed E-state index contributed by atoms with van der Waals surface area (Å²) < 4.78 is 0. The fraction of sp³-hybridized carbons (Fsp3) is 0.200. The largest absolute Gasteiger partial charge is 0.0836 e. The van der Waals surface area contributed by atoms with E-state index in [0.717, 1.165) is 0 Å². The highest BCUT2D eigenvalue weighted by Gasteiger charge is 2.07. The van der Waals surface area contributed by atoms with Crippen LogP contribution in [-0.4, -0.2) is 0 Å². The molecule has 0 N–H and O–H groups in total. The summed E-state index contributed by atoms with van der Waals surface area (Å²) >= 11 is 0. The molecule has 0 aromatic heterocycles. The van der Waals surface area contributed by atoms with Gasteiger partial charge in [-0.25, -0.2) is 0 Å². The molecule has 0 nitrogen and oxygen atoms in total. The van der Waals surface area contributed by atoms with Crippen LogP contribution in [0.4, 0.5) is 0 Å². The number of rotatable bonds is 0. The van der Waals surface area contributed by atoms with Crippen molar-refractivity contribution >= 4 is 16.8 Å². The smallest absolute Gasteiger partial charge is 0.0106 e. The number of allylic oxidation sites excluding steroid dienone is 1. The van der Waals surface area contributed by atoms with Gasteiger partial charge in [-0.15, -0.1) is 0 Å². The monoisotopic (exact) mass is 194 g/mol. The zero-order chi connectivity index (χ0) is 10.3. The van der Waals surface area contributed by atoms with Gasteiger partial charge in [0.15, 0.2) is 0 Å². The van der Waals surface area contributed by atoms with Gasteiger partial charge < -0.3 is 0 Å². The molecular weight excluding hydrogens is 180 g/mol. The van der Waals surface area contributed by atoms with Gasteiger partial charge in [0.25, 0.3) is 0 Å². The van der Waals surface area contributed by atoms with Crippen LogP contribution in [0.1, 0.15) is 23.1 Å². The third-order valence-electron chi connectivity index (χ3n) is 3.17. The Kier molecular flexibility index (Phi) is 1.88. The van der Waals surface area contributed by atoms with Crippen molar-refractivity contribution in [2.45, 2.75) is 19.8 Å². The lowest BCUT2D eigenvalue weighted by molar-refractivity contribution is 0.990. The molecule has 0 bridgehead atoms. The van der Waals surface area contributed by atoms with Gasteiger partial charge in [-0.2, -0.15) is 0 Å². The van der Waals surface area contributed by atoms with Gasteiger partial charge in [-0.05, 0) is 41.7 Å². The Morgan fingerprint density at radius 2 is 1.93 bits per heavy atom. The number of hydrogen-bond acceptors (Lipinski definition) is 0. The van der Waals surface area contributed by atoms with Gasteiger partial charge >= 0.3 is 0 Å². The van der Waals surface area contributed by atoms with Crippen LogP contribution >= 0.6 is 0 Å². The van der Waals surface area contributed by atoms with Crippen LogP contribution in [0.5, 0.6) is 0 Å². The zero-order valence-corrected chi connectivity index (χ0v) is 8.96. The highest BCUT2D eigenvalue weighted by molar-refractivity contribution is 5.92. The first-order valence-electron chi connectivity index (χ1n) is 5.53. The minimum absolute atomic E-state index is 1.18. The van der Waals surface area contributed by atoms with E-state index in [1.54, 1.807) is 0 Å². The van der Waals surface area contributed by atoms with Crippen LogP contribution in [0, 0.1) is 6.92 Å². The van der Waals surface area contributed by atoms with E-state index in [-0.39, 0.29) is 0 Å². The molecule has 0 radical (unpaired) electrons. The molecular formula is C15H14. The second kappa shape index (κ2) is 3.23. The van der Waals surface area contributed by atoms with Crippen LogP contribution in [0.2, 0.25) is 0 Å². The second-order valence-electron chi connectivity index (χ2n) is 4.30. The summed E-state index contributed by atoms with van der Waals surface area (Å²) in [5.41, 5.74) is 4.27. The Morgan fingerprint density at radius 1 is 1.07 bits per heavy atom. The fourth-order valence-corrected chi connectivity index (χ4v) is 2.36. The molecule has 2 aromatic carbocycles. The Balaban J connectivity index is 2.41. The highest BCUT2D eigenvalue weighted by atomic mass is 14.1. The summed E-state index contributed by atoms with van der Waals surface area (Å²) in [6.45, 7) is 2.16. The Hall–Kier alpha value is -1.56. The molecule has 0 fully saturated rings. The predicted octanol–water partition coefficient (Wildman–Crippen LogP) is 4.11. The molecule has 15 heavy (non-hydrogen) atoms. The van der Waals surface area contributed by atoms with Crippen molar-refractivity contribution < 1.29 is 0 Å². The minimum atomic E-state index is 1.18. The summed E-state index contributed by atoms with van der Waals surface area (Å²) in [6.07, 6.45) is 6.94. The number of hydrogen-bond donors (Lipinski definition) is 0. The van der Waals surface area contributed by atoms with Gasteiger partial charge in [0.05, 0.1) is 0 Å². The number of benzene rings is 2. The van der Waals surface area contributed by atoms with Crippen molar-refractivity contribution in [3.05, 3.63) is 53.1 Å². The van der Waals surface area contributed by atoms with E-state index in [1.165, 1.54) is 40.3 Å². The normalized spacial score (nSPS) is 14.2. The van der Waals surface area contributed by atoms with Crippen LogP contribution in [-0.2, 0) is 6.42 Å². The van der Waals surface area contributed by atoms with E-state index < -0.39 is 0 Å². The van der Waals surface area contributed by atoms with Crippen molar-refractivity contribution in [1.82, 2.24) is 0 Å². The summed E-state index contributed by atoms with van der Waals surface area (Å²) in [6, 6.07) is 11.2. The third-order valence-corrected chi connectivity index (χ3v) is 3.17. The number of aryl methyl sites for hydroxylation is 2. The first-order valence-corrected chi connectivity index (χ1v) is 5.53. The van der Waals surface area contributed by atoms with E-state index in [4.69, 9.17) is 0 Å². The van der Waals surface area contributed by atoms with E-state index in [1.807, 2.05) is 0 Å². The third kappa shape index (κ3) is 1.37. The maximum Gasteiger partial charge on any atom is -0.0106 e. The van der Waals surface area contributed by atoms with Crippen LogP contribution in [0.3, 0.4) is 0 Å². The maximum atomic E-state index is 2.30. The van der Waals surface area contributed by atoms with Crippen LogP contribution in [0.25, 0.3) is 16.8 Å². The van der Waals surface area contributed by atoms with Crippen molar-refractivity contribution in [3.8, 4) is 0 Å². The van der Waals surface area contributed by atoms with Gasteiger partial charge in [-0.1, -0.05) is 48.0 Å². The Morgan fingerprint density at radius 3 is 2.87 bits per heavy atom. The van der Waals surface area contributed by atoms with Crippen molar-refractivity contribution in [2.75, 3.05) is 0 Å². The van der Waals surface area contributed by atoms with Gasteiger partial charge in [0, 0.05) is 0 Å². The standard InChI is InChI=1S/C15H14/c1-11-6-7-13-9-8-12-4-2-3-5-14(12)15(13)10-11/h3,5-10H,2,4H2,1H3. The molecule has 0 heteroatoms. The SMILES string of the molecule is Cc1ccc2ccc3c(c2c1)C=CCC3. The summed E-state index contributed by atoms with van der Waals surface area (Å²) in [5.74, 6) is 0. The van der Waals surface area contributed by atoms with Gasteiger partial charge in [-0.3, -0.25) is 0 Å². The molecule has 0 saturated heterocycles. The summed E-state index contributed by atoms with van der Waals surface area (Å²) in [5, 5.41) is 2.76. The predicted molar refractivity (Wildman–Crippen MR) is 66.0 cm³/mol. The number of fused-ring (bicyclic) bond motifs is 3. The maximum absolute atomic E-state index is 2.30. The molecule has 1 aliphatic rings. The van der Waals surface area contributed by atoms with E-state index in [0.29, 0.717) is 0 Å². The van der Waals surface area contributed by atoms with Crippen molar-refractivity contribution in [1.29, 1.82) is 0 Å². The molecule has 0 amide bonds. The van der Waals surface area contributed by atoms with Crippen molar-refractivity contribution in [3.63, 3.8) is 0 Å². The van der Waals surface area contributed by atoms with E-state index in [9.17, 15) is 0 Å². The molecule has 0 aliphatic heterocycles. The van der Waals surface area contributed by atoms with Crippen molar-refractivity contribution in [2.24, 2.45) is 0 Å². The molecule has 3 rings (SSSR count). The summed E-state index contributed by atoms with van der Waals surface area (Å²) in [7, 11) is 0. The Labute approximate surface area is 90.2 Å². The van der Waals surface area contributed by atoms with Gasteiger partial charge in [0.2, 0.25) is 0 Å². The lowest BCUT2D eigenvalue weighted by Gasteiger charge is -2.13. The first-order chi connectivity index (χ1) is 7.34. The molecule has 0 atom stereocenters. The average molecular weight is 194 g/mol. The quantitative estimate of drug-likeness (QED) is 0.592. The molecule has 0 saturated carbocycles. The Bertz CT molecular complexity index is 547. The molecule has 0 spiro atoms. The molecule has 74 valence electrons. The van der Waals surface area contributed by atoms with Crippen LogP contribution < -0.4 is 0 Å². The second-order valence-corrected chi connectivity index (χ2v) is 4.30. The summed E-state index contributed by atoms with van der Waals surface area (Å²) in [4.78, 5) is 0. The average Bonchev–Trinajstić information content (AvgIpc) is 2.29. The van der Waals surface area contributed by atoms with E-state index in [2.05, 4.69) is 49.4 Å². The lowest BCUT2D eigenvalue weighted by atomic mass is 9.92. The van der Waals surface area contributed by atoms with Crippen LogP contribution in [0.15, 0.2) is 36.4 Å². The molecule has 2 aromatic rings. The minimum Gasteiger partial charge on any atom is -0.0836 e. The van der Waals surface area contributed by atoms with E-state index >= 15 is 0 Å². The highest BCUT2D eigenvalue weighted by Crippen LogP contribution is 2.28. The molecule has 0 heterocycles.